The fraction of sp³-hybridized carbons (Fsp3) is 0.667. The quantitative estimate of drug-likeness (QED) is 0.882. The van der Waals surface area contributed by atoms with Gasteiger partial charge in [0.25, 0.3) is 5.56 Å². The first-order valence-corrected chi connectivity index (χ1v) is 8.03. The zero-order chi connectivity index (χ0) is 15.3. The maximum absolute atomic E-state index is 12.3. The van der Waals surface area contributed by atoms with Crippen molar-refractivity contribution < 1.29 is 5.11 Å². The van der Waals surface area contributed by atoms with Crippen LogP contribution in [-0.4, -0.2) is 48.9 Å². The van der Waals surface area contributed by atoms with Gasteiger partial charge in [-0.05, 0) is 19.8 Å². The smallest absolute Gasteiger partial charge is 0.262 e. The van der Waals surface area contributed by atoms with Crippen molar-refractivity contribution in [2.24, 2.45) is 0 Å². The molecular formula is C15H21N5O2. The van der Waals surface area contributed by atoms with E-state index in [9.17, 15) is 9.90 Å². The lowest BCUT2D eigenvalue weighted by Gasteiger charge is -2.39. The number of hydrogen-bond acceptors (Lipinski definition) is 5. The minimum atomic E-state index is -0.262. The minimum absolute atomic E-state index is 0.00701. The molecule has 1 atom stereocenters. The number of aromatic amines is 1. The Balaban J connectivity index is 1.73. The van der Waals surface area contributed by atoms with E-state index in [4.69, 9.17) is 4.98 Å². The van der Waals surface area contributed by atoms with Crippen molar-refractivity contribution >= 4 is 11.0 Å². The number of nitrogens with one attached hydrogen (secondary N) is 1. The summed E-state index contributed by atoms with van der Waals surface area (Å²) in [6.45, 7) is 3.27. The number of fused-ring (bicyclic) bond motifs is 1. The van der Waals surface area contributed by atoms with Gasteiger partial charge in [-0.15, -0.1) is 0 Å². The van der Waals surface area contributed by atoms with Gasteiger partial charge in [-0.3, -0.25) is 9.69 Å². The van der Waals surface area contributed by atoms with Gasteiger partial charge in [0.1, 0.15) is 11.2 Å². The largest absolute Gasteiger partial charge is 0.390 e. The number of aromatic nitrogens is 4. The third kappa shape index (κ3) is 2.16. The van der Waals surface area contributed by atoms with Crippen LogP contribution >= 0.6 is 0 Å². The summed E-state index contributed by atoms with van der Waals surface area (Å²) in [5, 5.41) is 14.4. The Morgan fingerprint density at radius 1 is 1.36 bits per heavy atom. The van der Waals surface area contributed by atoms with E-state index >= 15 is 0 Å². The van der Waals surface area contributed by atoms with E-state index in [1.807, 2.05) is 11.6 Å². The molecule has 0 amide bonds. The summed E-state index contributed by atoms with van der Waals surface area (Å²) < 4.78 is 1.93. The monoisotopic (exact) mass is 303 g/mol. The summed E-state index contributed by atoms with van der Waals surface area (Å²) in [4.78, 5) is 22.0. The molecule has 2 aliphatic rings. The molecule has 22 heavy (non-hydrogen) atoms. The van der Waals surface area contributed by atoms with Crippen LogP contribution in [-0.2, 0) is 0 Å². The van der Waals surface area contributed by atoms with E-state index < -0.39 is 0 Å². The first kappa shape index (κ1) is 13.9. The van der Waals surface area contributed by atoms with E-state index in [1.165, 1.54) is 12.8 Å². The van der Waals surface area contributed by atoms with Gasteiger partial charge < -0.3 is 10.1 Å². The molecule has 0 bridgehead atoms. The Morgan fingerprint density at radius 2 is 2.09 bits per heavy atom. The van der Waals surface area contributed by atoms with Crippen molar-refractivity contribution in [3.63, 3.8) is 0 Å². The summed E-state index contributed by atoms with van der Waals surface area (Å²) in [6, 6.07) is 0.355. The van der Waals surface area contributed by atoms with Crippen LogP contribution in [0, 0.1) is 0 Å². The number of H-pyrrole nitrogens is 1. The molecule has 2 N–H and O–H groups in total. The molecule has 4 rings (SSSR count). The molecule has 1 aliphatic heterocycles. The molecule has 3 heterocycles. The number of hydrogen-bond donors (Lipinski definition) is 2. The fourth-order valence-electron chi connectivity index (χ4n) is 3.54. The fourth-order valence-corrected chi connectivity index (χ4v) is 3.54. The lowest BCUT2D eigenvalue weighted by atomic mass is 10.1. The maximum atomic E-state index is 12.3. The maximum Gasteiger partial charge on any atom is 0.262 e. The topological polar surface area (TPSA) is 87.0 Å². The van der Waals surface area contributed by atoms with Crippen molar-refractivity contribution in [3.8, 4) is 0 Å². The normalized spacial score (nSPS) is 22.3. The number of rotatable bonds is 3. The molecule has 1 saturated carbocycles. The average Bonchev–Trinajstić information content (AvgIpc) is 3.11. The lowest BCUT2D eigenvalue weighted by Crippen LogP contribution is -2.51. The molecule has 0 spiro atoms. The van der Waals surface area contributed by atoms with Crippen molar-refractivity contribution in [3.05, 3.63) is 22.4 Å². The summed E-state index contributed by atoms with van der Waals surface area (Å²) in [6.07, 6.45) is 6.00. The number of aliphatic hydroxyl groups excluding tert-OH is 1. The highest BCUT2D eigenvalue weighted by molar-refractivity contribution is 5.73. The number of likely N-dealkylation sites (tertiary alicyclic amines) is 1. The Bertz CT molecular complexity index is 740. The molecule has 0 aromatic carbocycles. The van der Waals surface area contributed by atoms with Gasteiger partial charge in [-0.25, -0.2) is 9.67 Å². The molecule has 2 fully saturated rings. The van der Waals surface area contributed by atoms with Crippen LogP contribution in [0.15, 0.2) is 11.0 Å². The molecule has 7 nitrogen and oxygen atoms in total. The molecule has 0 radical (unpaired) electrons. The van der Waals surface area contributed by atoms with Gasteiger partial charge in [0.05, 0.1) is 24.4 Å². The van der Waals surface area contributed by atoms with Crippen molar-refractivity contribution in [2.45, 2.75) is 50.8 Å². The van der Waals surface area contributed by atoms with Gasteiger partial charge in [0.2, 0.25) is 0 Å². The number of nitrogens with zero attached hydrogens (tertiary/aromatic N) is 4. The summed E-state index contributed by atoms with van der Waals surface area (Å²) in [5.74, 6) is 0.657. The predicted octanol–water partition coefficient (Wildman–Crippen LogP) is 0.972. The molecule has 1 aliphatic carbocycles. The Hall–Kier alpha value is -1.73. The van der Waals surface area contributed by atoms with Crippen LogP contribution < -0.4 is 5.56 Å². The van der Waals surface area contributed by atoms with Crippen molar-refractivity contribution in [1.29, 1.82) is 0 Å². The van der Waals surface area contributed by atoms with Crippen molar-refractivity contribution in [2.75, 3.05) is 13.1 Å². The van der Waals surface area contributed by atoms with Gasteiger partial charge >= 0.3 is 0 Å². The highest BCUT2D eigenvalue weighted by Crippen LogP contribution is 2.31. The van der Waals surface area contributed by atoms with Gasteiger partial charge in [-0.1, -0.05) is 12.8 Å². The second-order valence-corrected chi connectivity index (χ2v) is 6.50. The van der Waals surface area contributed by atoms with Crippen molar-refractivity contribution in [1.82, 2.24) is 24.6 Å². The lowest BCUT2D eigenvalue weighted by molar-refractivity contribution is -0.0230. The van der Waals surface area contributed by atoms with E-state index in [-0.39, 0.29) is 17.7 Å². The molecule has 2 aromatic rings. The third-order valence-electron chi connectivity index (χ3n) is 4.99. The zero-order valence-corrected chi connectivity index (χ0v) is 12.7. The molecule has 118 valence electrons. The predicted molar refractivity (Wildman–Crippen MR) is 81.6 cm³/mol. The Kier molecular flexibility index (Phi) is 3.27. The second-order valence-electron chi connectivity index (χ2n) is 6.50. The second kappa shape index (κ2) is 5.17. The van der Waals surface area contributed by atoms with E-state index in [2.05, 4.69) is 15.0 Å². The molecule has 2 aromatic heterocycles. The summed E-state index contributed by atoms with van der Waals surface area (Å²) in [7, 11) is 0. The molecule has 0 unspecified atom stereocenters. The van der Waals surface area contributed by atoms with Gasteiger partial charge in [0, 0.05) is 13.1 Å². The van der Waals surface area contributed by atoms with Gasteiger partial charge in [-0.2, -0.15) is 5.10 Å². The molecule has 1 saturated heterocycles. The zero-order valence-electron chi connectivity index (χ0n) is 12.7. The summed E-state index contributed by atoms with van der Waals surface area (Å²) in [5.41, 5.74) is 0.566. The molecular weight excluding hydrogens is 282 g/mol. The third-order valence-corrected chi connectivity index (χ3v) is 4.99. The average molecular weight is 303 g/mol. The SMILES string of the molecule is C[C@H](c1nc2c(cnn2C2CCCC2)c(=O)[nH]1)N1CC(O)C1. The first-order chi connectivity index (χ1) is 10.6. The van der Waals surface area contributed by atoms with Gasteiger partial charge in [0.15, 0.2) is 5.65 Å². The van der Waals surface area contributed by atoms with Crippen LogP contribution in [0.2, 0.25) is 0 Å². The first-order valence-electron chi connectivity index (χ1n) is 8.03. The van der Waals surface area contributed by atoms with Crippen LogP contribution in [0.4, 0.5) is 0 Å². The highest BCUT2D eigenvalue weighted by Gasteiger charge is 2.31. The van der Waals surface area contributed by atoms with Crippen LogP contribution in [0.1, 0.15) is 50.5 Å². The Morgan fingerprint density at radius 3 is 2.77 bits per heavy atom. The minimum Gasteiger partial charge on any atom is -0.390 e. The van der Waals surface area contributed by atoms with E-state index in [0.717, 1.165) is 12.8 Å². The van der Waals surface area contributed by atoms with Crippen LogP contribution in [0.25, 0.3) is 11.0 Å². The van der Waals surface area contributed by atoms with Crippen LogP contribution in [0.3, 0.4) is 0 Å². The number of aliphatic hydroxyl groups is 1. The standard InChI is InChI=1S/C15H21N5O2/c1-9(19-7-11(21)8-19)13-17-14-12(15(22)18-13)6-16-20(14)10-4-2-3-5-10/h6,9-11,21H,2-5,7-8H2,1H3,(H,17,18,22)/t9-/m1/s1. The van der Waals surface area contributed by atoms with Crippen LogP contribution in [0.5, 0.6) is 0 Å². The Labute approximate surface area is 128 Å². The highest BCUT2D eigenvalue weighted by atomic mass is 16.3. The molecule has 7 heteroatoms. The summed E-state index contributed by atoms with van der Waals surface area (Å²) >= 11 is 0. The number of β-amino-alcohol motifs (C(OH)–C–C–N with tert-alkyl or cyclic N) is 1. The van der Waals surface area contributed by atoms with E-state index in [1.54, 1.807) is 6.20 Å². The van der Waals surface area contributed by atoms with E-state index in [0.29, 0.717) is 36.0 Å².